The molecule has 0 saturated carbocycles. The van der Waals surface area contributed by atoms with Gasteiger partial charge in [-0.25, -0.2) is 0 Å². The Labute approximate surface area is 149 Å². The van der Waals surface area contributed by atoms with Crippen LogP contribution < -0.4 is 0 Å². The van der Waals surface area contributed by atoms with Crippen LogP contribution in [0.3, 0.4) is 0 Å². The number of aryl methyl sites for hydroxylation is 1. The van der Waals surface area contributed by atoms with Crippen LogP contribution in [0, 0.1) is 5.92 Å². The van der Waals surface area contributed by atoms with Crippen LogP contribution in [0.1, 0.15) is 30.5 Å². The number of carbonyl (C=O) groups is 1. The third kappa shape index (κ3) is 4.28. The Kier molecular flexibility index (Phi) is 5.87. The van der Waals surface area contributed by atoms with Crippen LogP contribution in [0.25, 0.3) is 0 Å². The molecule has 134 valence electrons. The van der Waals surface area contributed by atoms with Crippen molar-refractivity contribution in [2.24, 2.45) is 5.92 Å². The van der Waals surface area contributed by atoms with E-state index in [0.717, 1.165) is 39.0 Å². The number of hydrogen-bond acceptors (Lipinski definition) is 4. The zero-order valence-electron chi connectivity index (χ0n) is 15.1. The molecule has 2 heterocycles. The fourth-order valence-corrected chi connectivity index (χ4v) is 3.81. The van der Waals surface area contributed by atoms with Crippen LogP contribution >= 0.6 is 0 Å². The average Bonchev–Trinajstić information content (AvgIpc) is 3.13. The number of likely N-dealkylation sites (tertiary alicyclic amines) is 1. The highest BCUT2D eigenvalue weighted by Gasteiger charge is 2.32. The Bertz CT molecular complexity index is 683. The van der Waals surface area contributed by atoms with Gasteiger partial charge in [-0.3, -0.25) is 9.48 Å². The van der Waals surface area contributed by atoms with Crippen molar-refractivity contribution in [2.45, 2.75) is 32.2 Å². The molecule has 3 rings (SSSR count). The fourth-order valence-electron chi connectivity index (χ4n) is 3.81. The first kappa shape index (κ1) is 17.7. The molecule has 5 nitrogen and oxygen atoms in total. The molecular formula is C20H27N3O2. The molecule has 0 bridgehead atoms. The molecule has 1 saturated heterocycles. The van der Waals surface area contributed by atoms with Crippen molar-refractivity contribution in [1.29, 1.82) is 0 Å². The molecule has 25 heavy (non-hydrogen) atoms. The Morgan fingerprint density at radius 1 is 1.24 bits per heavy atom. The predicted molar refractivity (Wildman–Crippen MR) is 97.4 cm³/mol. The maximum atomic E-state index is 12.2. The number of nitrogens with zero attached hydrogens (tertiary/aromatic N) is 3. The Balaban J connectivity index is 1.70. The van der Waals surface area contributed by atoms with Gasteiger partial charge in [0.25, 0.3) is 0 Å². The molecule has 0 aliphatic carbocycles. The quantitative estimate of drug-likeness (QED) is 0.758. The molecule has 2 aromatic rings. The molecule has 0 N–H and O–H groups in total. The van der Waals surface area contributed by atoms with Gasteiger partial charge in [0, 0.05) is 44.5 Å². The average molecular weight is 341 g/mol. The van der Waals surface area contributed by atoms with E-state index in [0.29, 0.717) is 5.92 Å². The van der Waals surface area contributed by atoms with Gasteiger partial charge in [-0.15, -0.1) is 0 Å². The first-order valence-electron chi connectivity index (χ1n) is 9.07. The van der Waals surface area contributed by atoms with E-state index in [9.17, 15) is 4.79 Å². The van der Waals surface area contributed by atoms with E-state index in [-0.39, 0.29) is 11.9 Å². The summed E-state index contributed by atoms with van der Waals surface area (Å²) in [6.45, 7) is 5.69. The molecular weight excluding hydrogens is 314 g/mol. The van der Waals surface area contributed by atoms with Crippen LogP contribution in [0.15, 0.2) is 42.6 Å². The van der Waals surface area contributed by atoms with Crippen LogP contribution in [-0.2, 0) is 22.5 Å². The Hall–Kier alpha value is -2.14. The molecule has 0 amide bonds. The Morgan fingerprint density at radius 3 is 2.76 bits per heavy atom. The highest BCUT2D eigenvalue weighted by Crippen LogP contribution is 2.31. The third-order valence-electron chi connectivity index (χ3n) is 5.12. The van der Waals surface area contributed by atoms with Gasteiger partial charge in [-0.1, -0.05) is 30.3 Å². The summed E-state index contributed by atoms with van der Waals surface area (Å²) in [6.07, 6.45) is 3.67. The van der Waals surface area contributed by atoms with E-state index < -0.39 is 0 Å². The summed E-state index contributed by atoms with van der Waals surface area (Å²) in [5.74, 6) is 0.222. The lowest BCUT2D eigenvalue weighted by Crippen LogP contribution is -2.43. The minimum atomic E-state index is -0.0933. The number of hydrogen-bond donors (Lipinski definition) is 0. The number of piperidine rings is 1. The van der Waals surface area contributed by atoms with E-state index in [1.807, 2.05) is 16.9 Å². The van der Waals surface area contributed by atoms with E-state index >= 15 is 0 Å². The predicted octanol–water partition coefficient (Wildman–Crippen LogP) is 2.72. The molecule has 1 aromatic heterocycles. The van der Waals surface area contributed by atoms with Crippen molar-refractivity contribution in [3.63, 3.8) is 0 Å². The lowest BCUT2D eigenvalue weighted by atomic mass is 9.84. The largest absolute Gasteiger partial charge is 0.469 e. The summed E-state index contributed by atoms with van der Waals surface area (Å²) in [5.41, 5.74) is 2.55. The zero-order valence-corrected chi connectivity index (χ0v) is 15.1. The van der Waals surface area contributed by atoms with Crippen LogP contribution in [0.5, 0.6) is 0 Å². The SMILES string of the molecule is CCn1nccc1CCN1C[C@H](C(=O)OC)C[C@@H](c2ccccc2)C1. The van der Waals surface area contributed by atoms with Gasteiger partial charge in [-0.2, -0.15) is 5.10 Å². The highest BCUT2D eigenvalue weighted by atomic mass is 16.5. The number of ether oxygens (including phenoxy) is 1. The van der Waals surface area contributed by atoms with Crippen molar-refractivity contribution in [3.8, 4) is 0 Å². The van der Waals surface area contributed by atoms with E-state index in [2.05, 4.69) is 47.3 Å². The monoisotopic (exact) mass is 341 g/mol. The van der Waals surface area contributed by atoms with Gasteiger partial charge in [0.05, 0.1) is 13.0 Å². The van der Waals surface area contributed by atoms with Crippen molar-refractivity contribution < 1.29 is 9.53 Å². The fraction of sp³-hybridized carbons (Fsp3) is 0.500. The van der Waals surface area contributed by atoms with Gasteiger partial charge < -0.3 is 9.64 Å². The number of carbonyl (C=O) groups excluding carboxylic acids is 1. The molecule has 5 heteroatoms. The molecule has 0 radical (unpaired) electrons. The number of rotatable bonds is 6. The van der Waals surface area contributed by atoms with E-state index in [1.165, 1.54) is 18.4 Å². The standard InChI is InChI=1S/C20H27N3O2/c1-3-23-19(9-11-21-23)10-12-22-14-17(16-7-5-4-6-8-16)13-18(15-22)20(24)25-2/h4-9,11,17-18H,3,10,12-15H2,1-2H3/t17-,18-/m1/s1. The second-order valence-electron chi connectivity index (χ2n) is 6.71. The maximum Gasteiger partial charge on any atom is 0.309 e. The van der Waals surface area contributed by atoms with Crippen molar-refractivity contribution in [1.82, 2.24) is 14.7 Å². The molecule has 1 fully saturated rings. The van der Waals surface area contributed by atoms with Gasteiger partial charge >= 0.3 is 5.97 Å². The van der Waals surface area contributed by atoms with Gasteiger partial charge in [0.1, 0.15) is 0 Å². The first-order valence-corrected chi connectivity index (χ1v) is 9.07. The number of esters is 1. The number of aromatic nitrogens is 2. The summed E-state index contributed by atoms with van der Waals surface area (Å²) < 4.78 is 7.07. The zero-order chi connectivity index (χ0) is 17.6. The summed E-state index contributed by atoms with van der Waals surface area (Å²) in [6, 6.07) is 12.6. The van der Waals surface area contributed by atoms with Crippen molar-refractivity contribution in [2.75, 3.05) is 26.7 Å². The number of methoxy groups -OCH3 is 1. The topological polar surface area (TPSA) is 47.4 Å². The van der Waals surface area contributed by atoms with Crippen molar-refractivity contribution in [3.05, 3.63) is 53.9 Å². The van der Waals surface area contributed by atoms with E-state index in [4.69, 9.17) is 4.74 Å². The van der Waals surface area contributed by atoms with Crippen LogP contribution in [-0.4, -0.2) is 47.4 Å². The summed E-state index contributed by atoms with van der Waals surface area (Å²) >= 11 is 0. The van der Waals surface area contributed by atoms with E-state index in [1.54, 1.807) is 0 Å². The van der Waals surface area contributed by atoms with Gasteiger partial charge in [-0.05, 0) is 30.9 Å². The molecule has 1 aliphatic rings. The molecule has 0 unspecified atom stereocenters. The summed E-state index contributed by atoms with van der Waals surface area (Å²) in [7, 11) is 1.48. The summed E-state index contributed by atoms with van der Waals surface area (Å²) in [5, 5.41) is 4.34. The molecule has 2 atom stereocenters. The molecule has 0 spiro atoms. The second kappa shape index (κ2) is 8.30. The van der Waals surface area contributed by atoms with Crippen LogP contribution in [0.4, 0.5) is 0 Å². The molecule has 1 aromatic carbocycles. The van der Waals surface area contributed by atoms with Crippen molar-refractivity contribution >= 4 is 5.97 Å². The maximum absolute atomic E-state index is 12.2. The van der Waals surface area contributed by atoms with Gasteiger partial charge in [0.15, 0.2) is 0 Å². The first-order chi connectivity index (χ1) is 12.2. The van der Waals surface area contributed by atoms with Gasteiger partial charge in [0.2, 0.25) is 0 Å². The lowest BCUT2D eigenvalue weighted by molar-refractivity contribution is -0.147. The minimum Gasteiger partial charge on any atom is -0.469 e. The molecule has 1 aliphatic heterocycles. The number of benzene rings is 1. The highest BCUT2D eigenvalue weighted by molar-refractivity contribution is 5.72. The minimum absolute atomic E-state index is 0.0555. The lowest BCUT2D eigenvalue weighted by Gasteiger charge is -2.37. The smallest absolute Gasteiger partial charge is 0.309 e. The Morgan fingerprint density at radius 2 is 2.04 bits per heavy atom. The normalized spacial score (nSPS) is 21.2. The van der Waals surface area contributed by atoms with Crippen LogP contribution in [0.2, 0.25) is 0 Å². The second-order valence-corrected chi connectivity index (χ2v) is 6.71. The summed E-state index contributed by atoms with van der Waals surface area (Å²) in [4.78, 5) is 14.6. The third-order valence-corrected chi connectivity index (χ3v) is 5.12.